The van der Waals surface area contributed by atoms with E-state index in [9.17, 15) is 9.50 Å². The molecule has 1 aliphatic rings. The molecule has 2 rings (SSSR count). The lowest BCUT2D eigenvalue weighted by Gasteiger charge is -2.37. The average molecular weight is 224 g/mol. The van der Waals surface area contributed by atoms with Gasteiger partial charge in [0, 0.05) is 12.8 Å². The van der Waals surface area contributed by atoms with Crippen LogP contribution < -0.4 is 0 Å². The van der Waals surface area contributed by atoms with E-state index in [1.165, 1.54) is 12.1 Å². The van der Waals surface area contributed by atoms with Crippen molar-refractivity contribution in [3.05, 3.63) is 35.6 Å². The van der Waals surface area contributed by atoms with Crippen LogP contribution in [0.1, 0.15) is 31.7 Å². The number of halogens is 1. The molecule has 1 saturated heterocycles. The molecule has 1 aliphatic heterocycles. The Morgan fingerprint density at radius 3 is 2.75 bits per heavy atom. The molecule has 0 amide bonds. The minimum Gasteiger partial charge on any atom is -0.385 e. The molecule has 0 aromatic heterocycles. The van der Waals surface area contributed by atoms with E-state index in [0.29, 0.717) is 19.4 Å². The van der Waals surface area contributed by atoms with Crippen LogP contribution >= 0.6 is 0 Å². The van der Waals surface area contributed by atoms with Crippen molar-refractivity contribution in [1.82, 2.24) is 0 Å². The van der Waals surface area contributed by atoms with E-state index >= 15 is 0 Å². The van der Waals surface area contributed by atoms with Crippen molar-refractivity contribution in [2.45, 2.75) is 37.9 Å². The summed E-state index contributed by atoms with van der Waals surface area (Å²) in [4.78, 5) is 0. The standard InChI is InChI=1S/C13H17FO2/c1-2-12-9-13(15,7-8-16-12)10-3-5-11(14)6-4-10/h3-6,12,15H,2,7-9H2,1H3. The van der Waals surface area contributed by atoms with Crippen LogP contribution in [-0.4, -0.2) is 17.8 Å². The van der Waals surface area contributed by atoms with Gasteiger partial charge in [-0.15, -0.1) is 0 Å². The molecule has 0 aliphatic carbocycles. The second-order valence-corrected chi connectivity index (χ2v) is 4.39. The Balaban J connectivity index is 2.20. The van der Waals surface area contributed by atoms with Gasteiger partial charge >= 0.3 is 0 Å². The van der Waals surface area contributed by atoms with Crippen molar-refractivity contribution < 1.29 is 14.2 Å². The number of benzene rings is 1. The number of hydrogen-bond acceptors (Lipinski definition) is 2. The number of rotatable bonds is 2. The maximum Gasteiger partial charge on any atom is 0.123 e. The minimum atomic E-state index is -0.855. The Hall–Kier alpha value is -0.930. The molecule has 16 heavy (non-hydrogen) atoms. The molecule has 1 aromatic rings. The highest BCUT2D eigenvalue weighted by atomic mass is 19.1. The fourth-order valence-electron chi connectivity index (χ4n) is 2.22. The van der Waals surface area contributed by atoms with Gasteiger partial charge in [-0.3, -0.25) is 0 Å². The van der Waals surface area contributed by atoms with E-state index in [2.05, 4.69) is 0 Å². The number of hydrogen-bond donors (Lipinski definition) is 1. The topological polar surface area (TPSA) is 29.5 Å². The molecule has 0 radical (unpaired) electrons. The molecule has 0 saturated carbocycles. The van der Waals surface area contributed by atoms with Gasteiger partial charge in [-0.2, -0.15) is 0 Å². The molecule has 88 valence electrons. The van der Waals surface area contributed by atoms with Crippen molar-refractivity contribution in [3.63, 3.8) is 0 Å². The quantitative estimate of drug-likeness (QED) is 0.836. The molecule has 3 heteroatoms. The van der Waals surface area contributed by atoms with Crippen molar-refractivity contribution >= 4 is 0 Å². The number of ether oxygens (including phenoxy) is 1. The summed E-state index contributed by atoms with van der Waals surface area (Å²) in [6.07, 6.45) is 2.16. The molecule has 2 unspecified atom stereocenters. The molecular formula is C13H17FO2. The lowest BCUT2D eigenvalue weighted by Crippen LogP contribution is -2.38. The lowest BCUT2D eigenvalue weighted by molar-refractivity contribution is -0.108. The summed E-state index contributed by atoms with van der Waals surface area (Å²) in [5.74, 6) is -0.272. The van der Waals surface area contributed by atoms with Gasteiger partial charge in [0.05, 0.1) is 18.3 Å². The van der Waals surface area contributed by atoms with E-state index in [1.54, 1.807) is 12.1 Å². The van der Waals surface area contributed by atoms with Crippen LogP contribution in [0, 0.1) is 5.82 Å². The highest BCUT2D eigenvalue weighted by Crippen LogP contribution is 2.35. The van der Waals surface area contributed by atoms with Crippen LogP contribution in [0.5, 0.6) is 0 Å². The van der Waals surface area contributed by atoms with E-state index in [4.69, 9.17) is 4.74 Å². The molecule has 2 nitrogen and oxygen atoms in total. The summed E-state index contributed by atoms with van der Waals surface area (Å²) in [7, 11) is 0. The summed E-state index contributed by atoms with van der Waals surface area (Å²) in [6.45, 7) is 2.60. The molecular weight excluding hydrogens is 207 g/mol. The number of aliphatic hydroxyl groups is 1. The minimum absolute atomic E-state index is 0.101. The highest BCUT2D eigenvalue weighted by Gasteiger charge is 2.35. The van der Waals surface area contributed by atoms with E-state index < -0.39 is 5.60 Å². The fourth-order valence-corrected chi connectivity index (χ4v) is 2.22. The Kier molecular flexibility index (Phi) is 3.26. The monoisotopic (exact) mass is 224 g/mol. The van der Waals surface area contributed by atoms with Gasteiger partial charge in [0.2, 0.25) is 0 Å². The van der Waals surface area contributed by atoms with Crippen LogP contribution in [0.15, 0.2) is 24.3 Å². The molecule has 1 fully saturated rings. The smallest absolute Gasteiger partial charge is 0.123 e. The first kappa shape index (κ1) is 11.6. The maximum absolute atomic E-state index is 12.8. The Labute approximate surface area is 95.1 Å². The fraction of sp³-hybridized carbons (Fsp3) is 0.538. The molecule has 1 N–H and O–H groups in total. The zero-order chi connectivity index (χ0) is 11.6. The van der Waals surface area contributed by atoms with Crippen LogP contribution in [0.3, 0.4) is 0 Å². The van der Waals surface area contributed by atoms with Gasteiger partial charge < -0.3 is 9.84 Å². The Bertz CT molecular complexity index is 349. The molecule has 0 bridgehead atoms. The Morgan fingerprint density at radius 2 is 2.12 bits per heavy atom. The SMILES string of the molecule is CCC1CC(O)(c2ccc(F)cc2)CCO1. The normalized spacial score (nSPS) is 30.3. The van der Waals surface area contributed by atoms with E-state index in [1.807, 2.05) is 6.92 Å². The van der Waals surface area contributed by atoms with Crippen molar-refractivity contribution in [3.8, 4) is 0 Å². The average Bonchev–Trinajstić information content (AvgIpc) is 2.29. The van der Waals surface area contributed by atoms with Crippen LogP contribution in [0.2, 0.25) is 0 Å². The maximum atomic E-state index is 12.8. The second kappa shape index (κ2) is 4.52. The third-order valence-corrected chi connectivity index (χ3v) is 3.27. The van der Waals surface area contributed by atoms with Gasteiger partial charge in [0.1, 0.15) is 5.82 Å². The van der Waals surface area contributed by atoms with Gasteiger partial charge in [0.15, 0.2) is 0 Å². The lowest BCUT2D eigenvalue weighted by atomic mass is 9.83. The van der Waals surface area contributed by atoms with E-state index in [0.717, 1.165) is 12.0 Å². The van der Waals surface area contributed by atoms with Crippen LogP contribution in [0.4, 0.5) is 4.39 Å². The third-order valence-electron chi connectivity index (χ3n) is 3.27. The van der Waals surface area contributed by atoms with Crippen LogP contribution in [0.25, 0.3) is 0 Å². The molecule has 2 atom stereocenters. The van der Waals surface area contributed by atoms with Gasteiger partial charge in [0.25, 0.3) is 0 Å². The van der Waals surface area contributed by atoms with Gasteiger partial charge in [-0.05, 0) is 24.1 Å². The summed E-state index contributed by atoms with van der Waals surface area (Å²) < 4.78 is 18.3. The zero-order valence-corrected chi connectivity index (χ0v) is 9.45. The van der Waals surface area contributed by atoms with Crippen LogP contribution in [-0.2, 0) is 10.3 Å². The van der Waals surface area contributed by atoms with Crippen molar-refractivity contribution in [2.24, 2.45) is 0 Å². The first-order chi connectivity index (χ1) is 7.64. The van der Waals surface area contributed by atoms with Gasteiger partial charge in [-0.1, -0.05) is 19.1 Å². The zero-order valence-electron chi connectivity index (χ0n) is 9.45. The molecule has 1 aromatic carbocycles. The van der Waals surface area contributed by atoms with E-state index in [-0.39, 0.29) is 11.9 Å². The van der Waals surface area contributed by atoms with Crippen molar-refractivity contribution in [2.75, 3.05) is 6.61 Å². The Morgan fingerprint density at radius 1 is 1.44 bits per heavy atom. The first-order valence-corrected chi connectivity index (χ1v) is 5.74. The summed E-state index contributed by atoms with van der Waals surface area (Å²) in [5, 5.41) is 10.5. The molecule has 0 spiro atoms. The highest BCUT2D eigenvalue weighted by molar-refractivity contribution is 5.23. The largest absolute Gasteiger partial charge is 0.385 e. The predicted octanol–water partition coefficient (Wildman–Crippen LogP) is 2.60. The van der Waals surface area contributed by atoms with Crippen molar-refractivity contribution in [1.29, 1.82) is 0 Å². The molecule has 1 heterocycles. The second-order valence-electron chi connectivity index (χ2n) is 4.39. The third kappa shape index (κ3) is 2.25. The first-order valence-electron chi connectivity index (χ1n) is 5.74. The van der Waals surface area contributed by atoms with Gasteiger partial charge in [-0.25, -0.2) is 4.39 Å². The predicted molar refractivity (Wildman–Crippen MR) is 59.6 cm³/mol. The summed E-state index contributed by atoms with van der Waals surface area (Å²) in [5.41, 5.74) is -0.0669. The summed E-state index contributed by atoms with van der Waals surface area (Å²) >= 11 is 0. The summed E-state index contributed by atoms with van der Waals surface area (Å²) in [6, 6.07) is 6.11.